The summed E-state index contributed by atoms with van der Waals surface area (Å²) in [6, 6.07) is 11.8. The first-order valence-electron chi connectivity index (χ1n) is 14.7. The highest BCUT2D eigenvalue weighted by atomic mass is 19.4. The summed E-state index contributed by atoms with van der Waals surface area (Å²) in [7, 11) is 0. The number of benzene rings is 2. The summed E-state index contributed by atoms with van der Waals surface area (Å²) in [6.07, 6.45) is 2.69. The van der Waals surface area contributed by atoms with E-state index in [9.17, 15) is 27.6 Å². The van der Waals surface area contributed by atoms with Gasteiger partial charge in [-0.05, 0) is 72.9 Å². The zero-order chi connectivity index (χ0) is 29.6. The van der Waals surface area contributed by atoms with Crippen LogP contribution in [-0.2, 0) is 27.1 Å². The third-order valence-electron chi connectivity index (χ3n) is 8.28. The maximum Gasteiger partial charge on any atom is 0.416 e. The largest absolute Gasteiger partial charge is 0.416 e. The lowest BCUT2D eigenvalue weighted by Crippen LogP contribution is -2.50. The predicted octanol–water partition coefficient (Wildman–Crippen LogP) is 6.08. The van der Waals surface area contributed by atoms with Gasteiger partial charge in [0.15, 0.2) is 0 Å². The Morgan fingerprint density at radius 1 is 1.02 bits per heavy atom. The monoisotopic (exact) mass is 571 g/mol. The third-order valence-corrected chi connectivity index (χ3v) is 8.28. The van der Waals surface area contributed by atoms with E-state index >= 15 is 0 Å². The van der Waals surface area contributed by atoms with E-state index in [2.05, 4.69) is 5.32 Å². The quantitative estimate of drug-likeness (QED) is 0.324. The maximum absolute atomic E-state index is 13.6. The number of hydrogen-bond donors (Lipinski definition) is 2. The number of primary amides is 1. The van der Waals surface area contributed by atoms with Crippen LogP contribution in [0.25, 0.3) is 11.1 Å². The van der Waals surface area contributed by atoms with Crippen molar-refractivity contribution in [3.05, 3.63) is 59.7 Å². The molecule has 1 saturated heterocycles. The number of hydrogen-bond acceptors (Lipinski definition) is 3. The van der Waals surface area contributed by atoms with Crippen molar-refractivity contribution in [2.45, 2.75) is 83.5 Å². The fourth-order valence-corrected chi connectivity index (χ4v) is 5.73. The summed E-state index contributed by atoms with van der Waals surface area (Å²) in [5, 5.41) is 2.99. The Bertz CT molecular complexity index is 1210. The molecule has 2 aromatic rings. The summed E-state index contributed by atoms with van der Waals surface area (Å²) in [4.78, 5) is 41.2. The van der Waals surface area contributed by atoms with Crippen molar-refractivity contribution in [3.8, 4) is 11.1 Å². The molecule has 1 saturated carbocycles. The van der Waals surface area contributed by atoms with Crippen LogP contribution in [0.1, 0.15) is 75.8 Å². The van der Waals surface area contributed by atoms with E-state index in [4.69, 9.17) is 5.73 Å². The Labute approximate surface area is 239 Å². The second-order valence-corrected chi connectivity index (χ2v) is 11.5. The van der Waals surface area contributed by atoms with Gasteiger partial charge < -0.3 is 16.0 Å². The number of amides is 3. The molecule has 41 heavy (non-hydrogen) atoms. The van der Waals surface area contributed by atoms with Gasteiger partial charge in [-0.3, -0.25) is 14.4 Å². The Balaban J connectivity index is 1.46. The van der Waals surface area contributed by atoms with E-state index in [0.717, 1.165) is 61.8 Å². The zero-order valence-corrected chi connectivity index (χ0v) is 23.6. The summed E-state index contributed by atoms with van der Waals surface area (Å²) in [5.74, 6) is -1.53. The Morgan fingerprint density at radius 3 is 2.39 bits per heavy atom. The molecule has 6 nitrogen and oxygen atoms in total. The molecule has 2 aromatic carbocycles. The van der Waals surface area contributed by atoms with Crippen LogP contribution in [0.5, 0.6) is 0 Å². The number of likely N-dealkylation sites (tertiary alicyclic amines) is 1. The summed E-state index contributed by atoms with van der Waals surface area (Å²) in [5.41, 5.74) is 7.30. The molecule has 1 aliphatic heterocycles. The van der Waals surface area contributed by atoms with Gasteiger partial charge in [-0.15, -0.1) is 0 Å². The number of nitrogens with two attached hydrogens (primary N) is 1. The van der Waals surface area contributed by atoms with Crippen LogP contribution in [-0.4, -0.2) is 35.2 Å². The number of carbonyl (C=O) groups is 3. The lowest BCUT2D eigenvalue weighted by Gasteiger charge is -2.28. The van der Waals surface area contributed by atoms with Crippen molar-refractivity contribution in [2.24, 2.45) is 23.5 Å². The van der Waals surface area contributed by atoms with Gasteiger partial charge in [0, 0.05) is 24.9 Å². The molecule has 0 radical (unpaired) electrons. The van der Waals surface area contributed by atoms with Crippen molar-refractivity contribution in [3.63, 3.8) is 0 Å². The normalized spacial score (nSPS) is 19.4. The maximum atomic E-state index is 13.6. The van der Waals surface area contributed by atoms with Crippen molar-refractivity contribution in [1.29, 1.82) is 0 Å². The molecule has 0 aromatic heterocycles. The SMILES string of the molecule is CCCC[C@H](C(N)=O)[C@@H](CC1CC1)C(=O)N[C@H]1CCCCN(Cc2cccc(-c3ccc(C(F)(F)F)cc3)c2)C1=O. The standard InChI is InChI=1S/C32H40F3N3O3/c1-2-3-9-26(29(36)39)27(19-21-11-12-21)30(40)37-28-10-4-5-17-38(31(28)41)20-22-7-6-8-24(18-22)23-13-15-25(16-14-23)32(33,34)35/h6-8,13-16,18,21,26-28H,2-5,9-12,17,19-20H2,1H3,(H2,36,39)(H,37,40)/t26-,27+,28-/m0/s1. The van der Waals surface area contributed by atoms with Gasteiger partial charge in [-0.1, -0.05) is 62.9 Å². The summed E-state index contributed by atoms with van der Waals surface area (Å²) >= 11 is 0. The minimum Gasteiger partial charge on any atom is -0.369 e. The molecular formula is C32H40F3N3O3. The zero-order valence-electron chi connectivity index (χ0n) is 23.6. The molecule has 2 aliphatic rings. The van der Waals surface area contributed by atoms with Crippen molar-refractivity contribution >= 4 is 17.7 Å². The average Bonchev–Trinajstić information content (AvgIpc) is 3.78. The van der Waals surface area contributed by atoms with E-state index in [0.29, 0.717) is 43.8 Å². The lowest BCUT2D eigenvalue weighted by molar-refractivity contribution is -0.139. The average molecular weight is 572 g/mol. The first-order valence-corrected chi connectivity index (χ1v) is 14.7. The lowest BCUT2D eigenvalue weighted by atomic mass is 9.82. The molecule has 222 valence electrons. The molecule has 9 heteroatoms. The van der Waals surface area contributed by atoms with Gasteiger partial charge in [0.2, 0.25) is 17.7 Å². The molecular weight excluding hydrogens is 531 g/mol. The molecule has 1 heterocycles. The minimum atomic E-state index is -4.40. The first-order chi connectivity index (χ1) is 19.6. The summed E-state index contributed by atoms with van der Waals surface area (Å²) < 4.78 is 38.9. The highest BCUT2D eigenvalue weighted by Crippen LogP contribution is 2.39. The Kier molecular flexibility index (Phi) is 10.1. The van der Waals surface area contributed by atoms with Crippen LogP contribution in [0.15, 0.2) is 48.5 Å². The van der Waals surface area contributed by atoms with Crippen LogP contribution in [0.3, 0.4) is 0 Å². The molecule has 2 fully saturated rings. The van der Waals surface area contributed by atoms with Crippen LogP contribution >= 0.6 is 0 Å². The second kappa shape index (κ2) is 13.5. The van der Waals surface area contributed by atoms with E-state index in [1.165, 1.54) is 12.1 Å². The van der Waals surface area contributed by atoms with Crippen molar-refractivity contribution in [2.75, 3.05) is 6.54 Å². The third kappa shape index (κ3) is 8.33. The number of unbranched alkanes of at least 4 members (excludes halogenated alkanes) is 1. The highest BCUT2D eigenvalue weighted by molar-refractivity contribution is 5.91. The number of rotatable bonds is 12. The molecule has 3 atom stereocenters. The molecule has 3 amide bonds. The number of alkyl halides is 3. The van der Waals surface area contributed by atoms with Gasteiger partial charge in [-0.25, -0.2) is 0 Å². The van der Waals surface area contributed by atoms with E-state index < -0.39 is 35.5 Å². The minimum absolute atomic E-state index is 0.162. The molecule has 0 unspecified atom stereocenters. The smallest absolute Gasteiger partial charge is 0.369 e. The first kappa shape index (κ1) is 30.6. The summed E-state index contributed by atoms with van der Waals surface area (Å²) in [6.45, 7) is 2.90. The fraction of sp³-hybridized carbons (Fsp3) is 0.531. The van der Waals surface area contributed by atoms with Gasteiger partial charge in [0.1, 0.15) is 6.04 Å². The molecule has 3 N–H and O–H groups in total. The van der Waals surface area contributed by atoms with Gasteiger partial charge in [0.25, 0.3) is 0 Å². The number of nitrogens with one attached hydrogen (secondary N) is 1. The second-order valence-electron chi connectivity index (χ2n) is 11.5. The number of nitrogens with zero attached hydrogens (tertiary/aromatic N) is 1. The van der Waals surface area contributed by atoms with Gasteiger partial charge in [0.05, 0.1) is 5.56 Å². The molecule has 0 bridgehead atoms. The van der Waals surface area contributed by atoms with Crippen LogP contribution < -0.4 is 11.1 Å². The topological polar surface area (TPSA) is 92.5 Å². The van der Waals surface area contributed by atoms with Gasteiger partial charge >= 0.3 is 6.18 Å². The van der Waals surface area contributed by atoms with E-state index in [-0.39, 0.29) is 11.8 Å². The fourth-order valence-electron chi connectivity index (χ4n) is 5.73. The molecule has 4 rings (SSSR count). The number of halogens is 3. The van der Waals surface area contributed by atoms with E-state index in [1.54, 1.807) is 4.90 Å². The highest BCUT2D eigenvalue weighted by Gasteiger charge is 2.39. The van der Waals surface area contributed by atoms with E-state index in [1.807, 2.05) is 31.2 Å². The van der Waals surface area contributed by atoms with Crippen molar-refractivity contribution < 1.29 is 27.6 Å². The van der Waals surface area contributed by atoms with Crippen LogP contribution in [0.2, 0.25) is 0 Å². The number of carbonyl (C=O) groups excluding carboxylic acids is 3. The Hall–Kier alpha value is -3.36. The molecule has 0 spiro atoms. The van der Waals surface area contributed by atoms with Crippen LogP contribution in [0, 0.1) is 17.8 Å². The Morgan fingerprint density at radius 2 is 1.76 bits per heavy atom. The predicted molar refractivity (Wildman–Crippen MR) is 151 cm³/mol. The molecule has 1 aliphatic carbocycles. The van der Waals surface area contributed by atoms with Crippen molar-refractivity contribution in [1.82, 2.24) is 10.2 Å². The van der Waals surface area contributed by atoms with Crippen LogP contribution in [0.4, 0.5) is 13.2 Å². The van der Waals surface area contributed by atoms with Gasteiger partial charge in [-0.2, -0.15) is 13.2 Å².